The summed E-state index contributed by atoms with van der Waals surface area (Å²) in [5, 5.41) is 3.78. The predicted octanol–water partition coefficient (Wildman–Crippen LogP) is 10.5. The number of carbonyl (C=O) groups is 4. The highest BCUT2D eigenvalue weighted by atomic mass is 32.1. The number of Topliss-reactive ketones (excluding diaryl/α,β-unsaturated/α-hetero) is 2. The Labute approximate surface area is 322 Å². The van der Waals surface area contributed by atoms with Gasteiger partial charge in [-0.15, -0.1) is 22.7 Å². The van der Waals surface area contributed by atoms with Gasteiger partial charge in [0.2, 0.25) is 0 Å². The van der Waals surface area contributed by atoms with Gasteiger partial charge in [-0.3, -0.25) is 9.59 Å². The number of esters is 2. The van der Waals surface area contributed by atoms with E-state index in [1.54, 1.807) is 29.8 Å². The summed E-state index contributed by atoms with van der Waals surface area (Å²) in [4.78, 5) is 58.5. The number of benzene rings is 4. The molecule has 0 saturated carbocycles. The fourth-order valence-corrected chi connectivity index (χ4v) is 7.41. The van der Waals surface area contributed by atoms with Crippen LogP contribution in [0.25, 0.3) is 22.3 Å². The minimum absolute atomic E-state index is 0.0704. The number of carbonyl (C=O) groups excluding carboxylic acids is 4. The first-order valence-electron chi connectivity index (χ1n) is 18.1. The van der Waals surface area contributed by atoms with Crippen molar-refractivity contribution in [2.75, 3.05) is 6.61 Å². The van der Waals surface area contributed by atoms with Crippen molar-refractivity contribution in [2.24, 2.45) is 0 Å². The fourth-order valence-electron chi connectivity index (χ4n) is 5.90. The van der Waals surface area contributed by atoms with Crippen molar-refractivity contribution in [3.05, 3.63) is 146 Å². The van der Waals surface area contributed by atoms with Crippen LogP contribution in [0.2, 0.25) is 0 Å². The number of hydrogen-bond acceptors (Lipinski definition) is 10. The van der Waals surface area contributed by atoms with E-state index in [2.05, 4.69) is 58.5 Å². The second-order valence-corrected chi connectivity index (χ2v) is 14.5. The van der Waals surface area contributed by atoms with Gasteiger partial charge >= 0.3 is 11.9 Å². The topological polar surface area (TPSA) is 113 Å². The summed E-state index contributed by atoms with van der Waals surface area (Å²) < 4.78 is 10.6. The molecule has 0 radical (unpaired) electrons. The Kier molecular flexibility index (Phi) is 13.4. The van der Waals surface area contributed by atoms with Gasteiger partial charge in [-0.1, -0.05) is 91.0 Å². The van der Waals surface area contributed by atoms with E-state index >= 15 is 0 Å². The van der Waals surface area contributed by atoms with Gasteiger partial charge in [0.15, 0.2) is 33.0 Å². The van der Waals surface area contributed by atoms with Gasteiger partial charge in [-0.05, 0) is 91.0 Å². The number of aryl methyl sites for hydroxylation is 2. The Balaban J connectivity index is 0.922. The van der Waals surface area contributed by atoms with Crippen molar-refractivity contribution in [3.63, 3.8) is 0 Å². The molecule has 0 aliphatic heterocycles. The van der Waals surface area contributed by atoms with Crippen molar-refractivity contribution in [2.45, 2.75) is 58.3 Å². The lowest BCUT2D eigenvalue weighted by molar-refractivity contribution is 0.0519. The van der Waals surface area contributed by atoms with Crippen LogP contribution in [0.4, 0.5) is 0 Å². The molecule has 8 nitrogen and oxygen atoms in total. The van der Waals surface area contributed by atoms with Crippen LogP contribution in [-0.2, 0) is 17.6 Å². The normalized spacial score (nSPS) is 10.9. The highest BCUT2D eigenvalue weighted by molar-refractivity contribution is 7.12. The quantitative estimate of drug-likeness (QED) is 0.0369. The van der Waals surface area contributed by atoms with E-state index in [0.29, 0.717) is 35.0 Å². The summed E-state index contributed by atoms with van der Waals surface area (Å²) in [6.07, 6.45) is 5.62. The van der Waals surface area contributed by atoms with Crippen LogP contribution in [0.1, 0.15) is 97.2 Å². The largest absolute Gasteiger partial charge is 0.461 e. The third-order valence-corrected chi connectivity index (χ3v) is 10.6. The number of thiazole rings is 2. The number of rotatable bonds is 18. The molecule has 0 unspecified atom stereocenters. The number of unbranched alkanes of at least 4 members (excludes halogenated alkanes) is 2. The SMILES string of the molecule is CCOC(=O)c1csc(C(=O)CCCCc2ccc(-c3cccc(OC(=O)c4csc(C(=O)CCCCc5ccc(-c6ccccc6)cc5)n4)c3)cc2)n1. The summed E-state index contributed by atoms with van der Waals surface area (Å²) in [7, 11) is 0. The van der Waals surface area contributed by atoms with Gasteiger partial charge < -0.3 is 9.47 Å². The zero-order valence-electron chi connectivity index (χ0n) is 30.0. The molecule has 6 aromatic rings. The lowest BCUT2D eigenvalue weighted by Crippen LogP contribution is -2.10. The second kappa shape index (κ2) is 19.0. The summed E-state index contributed by atoms with van der Waals surface area (Å²) in [5.74, 6) is -0.872. The minimum atomic E-state index is -0.607. The highest BCUT2D eigenvalue weighted by Crippen LogP contribution is 2.26. The van der Waals surface area contributed by atoms with E-state index in [0.717, 1.165) is 48.8 Å². The smallest absolute Gasteiger partial charge is 0.363 e. The maximum Gasteiger partial charge on any atom is 0.363 e. The number of hydrogen-bond donors (Lipinski definition) is 0. The average Bonchev–Trinajstić information content (AvgIpc) is 3.91. The van der Waals surface area contributed by atoms with Crippen LogP contribution in [0, 0.1) is 0 Å². The van der Waals surface area contributed by atoms with Crippen molar-refractivity contribution < 1.29 is 28.7 Å². The molecule has 274 valence electrons. The summed E-state index contributed by atoms with van der Waals surface area (Å²) in [6, 6.07) is 34.3. The van der Waals surface area contributed by atoms with Crippen molar-refractivity contribution >= 4 is 46.2 Å². The Morgan fingerprint density at radius 1 is 0.556 bits per heavy atom. The Bertz CT molecular complexity index is 2190. The van der Waals surface area contributed by atoms with Crippen LogP contribution < -0.4 is 4.74 Å². The Morgan fingerprint density at radius 2 is 1.06 bits per heavy atom. The first kappa shape index (κ1) is 38.2. The van der Waals surface area contributed by atoms with Crippen molar-refractivity contribution in [3.8, 4) is 28.0 Å². The molecule has 2 aromatic heterocycles. The van der Waals surface area contributed by atoms with Crippen LogP contribution in [0.5, 0.6) is 5.75 Å². The number of ether oxygens (including phenoxy) is 2. The van der Waals surface area contributed by atoms with Gasteiger partial charge in [0.05, 0.1) is 6.61 Å². The maximum absolute atomic E-state index is 12.9. The van der Waals surface area contributed by atoms with E-state index < -0.39 is 11.9 Å². The molecule has 0 aliphatic carbocycles. The molecule has 0 aliphatic rings. The second-order valence-electron chi connectivity index (χ2n) is 12.7. The van der Waals surface area contributed by atoms with E-state index in [1.165, 1.54) is 39.4 Å². The lowest BCUT2D eigenvalue weighted by Gasteiger charge is -2.07. The maximum atomic E-state index is 12.9. The molecule has 0 bridgehead atoms. The van der Waals surface area contributed by atoms with Crippen LogP contribution in [-0.4, -0.2) is 40.1 Å². The molecule has 54 heavy (non-hydrogen) atoms. The van der Waals surface area contributed by atoms with Crippen LogP contribution >= 0.6 is 22.7 Å². The lowest BCUT2D eigenvalue weighted by atomic mass is 10.0. The van der Waals surface area contributed by atoms with E-state index in [1.807, 2.05) is 42.5 Å². The molecule has 2 heterocycles. The third-order valence-electron chi connectivity index (χ3n) is 8.81. The van der Waals surface area contributed by atoms with Crippen molar-refractivity contribution in [1.82, 2.24) is 9.97 Å². The first-order valence-corrected chi connectivity index (χ1v) is 19.8. The number of nitrogens with zero attached hydrogens (tertiary/aromatic N) is 2. The van der Waals surface area contributed by atoms with E-state index in [-0.39, 0.29) is 29.6 Å². The molecular weight excluding hydrogens is 717 g/mol. The number of ketones is 2. The summed E-state index contributed by atoms with van der Waals surface area (Å²) >= 11 is 2.33. The standard InChI is InChI=1S/C44H40N2O6S2/c1-2-51-43(49)37-28-53-41(45-37)39(47)17-8-7-12-31-21-25-34(26-22-31)35-15-10-16-36(27-35)52-44(50)38-29-54-42(46-38)40(48)18-9-6-11-30-19-23-33(24-20-30)32-13-4-3-5-14-32/h3-5,10,13-16,19-29H,2,6-9,11-12,17-18H2,1H3. The van der Waals surface area contributed by atoms with E-state index in [4.69, 9.17) is 9.47 Å². The molecule has 0 spiro atoms. The molecule has 0 saturated heterocycles. The number of aromatic nitrogens is 2. The zero-order valence-corrected chi connectivity index (χ0v) is 31.6. The highest BCUT2D eigenvalue weighted by Gasteiger charge is 2.18. The molecule has 0 N–H and O–H groups in total. The molecule has 6 rings (SSSR count). The van der Waals surface area contributed by atoms with Gasteiger partial charge in [0.25, 0.3) is 0 Å². The van der Waals surface area contributed by atoms with Crippen LogP contribution in [0.3, 0.4) is 0 Å². The molecule has 4 aromatic carbocycles. The molecule has 0 atom stereocenters. The molecule has 10 heteroatoms. The predicted molar refractivity (Wildman–Crippen MR) is 213 cm³/mol. The Morgan fingerprint density at radius 3 is 1.61 bits per heavy atom. The van der Waals surface area contributed by atoms with Crippen molar-refractivity contribution in [1.29, 1.82) is 0 Å². The zero-order chi connectivity index (χ0) is 37.7. The van der Waals surface area contributed by atoms with Gasteiger partial charge in [0, 0.05) is 23.6 Å². The van der Waals surface area contributed by atoms with Gasteiger partial charge in [0.1, 0.15) is 5.75 Å². The Hall–Kier alpha value is -5.58. The monoisotopic (exact) mass is 756 g/mol. The van der Waals surface area contributed by atoms with Crippen LogP contribution in [0.15, 0.2) is 114 Å². The average molecular weight is 757 g/mol. The molecule has 0 amide bonds. The van der Waals surface area contributed by atoms with E-state index in [9.17, 15) is 19.2 Å². The summed E-state index contributed by atoms with van der Waals surface area (Å²) in [5.41, 5.74) is 6.92. The molecular formula is C44H40N2O6S2. The third kappa shape index (κ3) is 10.5. The molecule has 0 fully saturated rings. The van der Waals surface area contributed by atoms with Gasteiger partial charge in [-0.2, -0.15) is 0 Å². The van der Waals surface area contributed by atoms with Gasteiger partial charge in [-0.25, -0.2) is 19.6 Å². The fraction of sp³-hybridized carbons (Fsp3) is 0.227. The summed E-state index contributed by atoms with van der Waals surface area (Å²) in [6.45, 7) is 1.99. The minimum Gasteiger partial charge on any atom is -0.461 e. The first-order chi connectivity index (χ1) is 26.4.